The maximum atomic E-state index is 6.48. The Morgan fingerprint density at radius 1 is 1.56 bits per heavy atom. The largest absolute Gasteiger partial charge is 0.418 e. The van der Waals surface area contributed by atoms with Crippen LogP contribution in [0.4, 0.5) is 0 Å². The predicted molar refractivity (Wildman–Crippen MR) is 67.0 cm³/mol. The maximum Gasteiger partial charge on any atom is 0.374 e. The van der Waals surface area contributed by atoms with Crippen molar-refractivity contribution < 1.29 is 9.64 Å². The van der Waals surface area contributed by atoms with Crippen LogP contribution in [0.5, 0.6) is 5.75 Å². The molecule has 2 unspecified atom stereocenters. The quantitative estimate of drug-likeness (QED) is 0.606. The normalized spacial score (nSPS) is 31.8. The fourth-order valence-electron chi connectivity index (χ4n) is 2.31. The second kappa shape index (κ2) is 3.83. The first-order valence-corrected chi connectivity index (χ1v) is 7.06. The van der Waals surface area contributed by atoms with Crippen LogP contribution in [-0.4, -0.2) is 16.8 Å². The van der Waals surface area contributed by atoms with E-state index in [9.17, 15) is 0 Å². The van der Waals surface area contributed by atoms with Crippen LogP contribution in [0.25, 0.3) is 0 Å². The van der Waals surface area contributed by atoms with E-state index in [2.05, 4.69) is 25.1 Å². The number of quaternary nitrogens is 1. The zero-order valence-electron chi connectivity index (χ0n) is 9.25. The third kappa shape index (κ3) is 1.62. The molecule has 3 rings (SSSR count). The van der Waals surface area contributed by atoms with Gasteiger partial charge in [0, 0.05) is 17.2 Å². The van der Waals surface area contributed by atoms with E-state index in [1.54, 1.807) is 11.8 Å². The highest BCUT2D eigenvalue weighted by molar-refractivity contribution is 8.01. The van der Waals surface area contributed by atoms with E-state index in [1.807, 2.05) is 0 Å². The fourth-order valence-corrected chi connectivity index (χ4v) is 3.93. The molecule has 0 spiro atoms. The van der Waals surface area contributed by atoms with Crippen LogP contribution in [0.2, 0.25) is 0 Å². The SMILES string of the molecule is CCc1ccc2c(c1)C[NH+]1CCSC1(Cl)O2. The van der Waals surface area contributed by atoms with Crippen molar-refractivity contribution in [3.63, 3.8) is 0 Å². The minimum Gasteiger partial charge on any atom is -0.418 e. The summed E-state index contributed by atoms with van der Waals surface area (Å²) in [4.78, 5) is 1.33. The van der Waals surface area contributed by atoms with Gasteiger partial charge in [0.05, 0.1) is 12.3 Å². The van der Waals surface area contributed by atoms with E-state index in [1.165, 1.54) is 16.0 Å². The van der Waals surface area contributed by atoms with Crippen molar-refractivity contribution in [1.82, 2.24) is 0 Å². The summed E-state index contributed by atoms with van der Waals surface area (Å²) in [7, 11) is 0. The van der Waals surface area contributed by atoms with Crippen LogP contribution < -0.4 is 9.64 Å². The molecular weight excluding hydrogens is 242 g/mol. The second-order valence-corrected chi connectivity index (χ2v) is 6.34. The summed E-state index contributed by atoms with van der Waals surface area (Å²) >= 11 is 8.19. The van der Waals surface area contributed by atoms with Crippen molar-refractivity contribution in [3.05, 3.63) is 29.3 Å². The van der Waals surface area contributed by atoms with Crippen LogP contribution in [0.15, 0.2) is 18.2 Å². The molecule has 2 heterocycles. The Morgan fingerprint density at radius 3 is 3.25 bits per heavy atom. The predicted octanol–water partition coefficient (Wildman–Crippen LogP) is 1.62. The Bertz CT molecular complexity index is 425. The molecule has 2 aliphatic heterocycles. The van der Waals surface area contributed by atoms with E-state index in [0.29, 0.717) is 0 Å². The maximum absolute atomic E-state index is 6.48. The number of benzene rings is 1. The number of thioether (sulfide) groups is 1. The van der Waals surface area contributed by atoms with Crippen LogP contribution in [0, 0.1) is 0 Å². The standard InChI is InChI=1S/C12H14ClNOS/c1-2-9-3-4-11-10(7-9)8-14-5-6-16-12(14,13)15-11/h3-4,7H,2,5-6,8H2,1H3/p+1. The molecule has 2 nitrogen and oxygen atoms in total. The number of alkyl halides is 1. The molecule has 16 heavy (non-hydrogen) atoms. The smallest absolute Gasteiger partial charge is 0.374 e. The van der Waals surface area contributed by atoms with E-state index in [0.717, 1.165) is 31.0 Å². The van der Waals surface area contributed by atoms with Crippen molar-refractivity contribution in [2.45, 2.75) is 24.4 Å². The van der Waals surface area contributed by atoms with Gasteiger partial charge in [-0.05, 0) is 35.9 Å². The van der Waals surface area contributed by atoms with Gasteiger partial charge in [0.1, 0.15) is 12.3 Å². The van der Waals surface area contributed by atoms with Crippen LogP contribution in [-0.2, 0) is 13.0 Å². The van der Waals surface area contributed by atoms with E-state index in [4.69, 9.17) is 16.3 Å². The Kier molecular flexibility index (Phi) is 2.57. The molecule has 1 N–H and O–H groups in total. The number of halogens is 1. The van der Waals surface area contributed by atoms with Crippen LogP contribution >= 0.6 is 23.4 Å². The molecule has 0 aliphatic carbocycles. The number of ether oxygens (including phenoxy) is 1. The molecule has 4 heteroatoms. The Hall–Kier alpha value is -0.380. The summed E-state index contributed by atoms with van der Waals surface area (Å²) in [5.41, 5.74) is 2.67. The third-order valence-corrected chi connectivity index (χ3v) is 5.12. The first-order valence-electron chi connectivity index (χ1n) is 5.70. The molecule has 0 aromatic heterocycles. The Balaban J connectivity index is 1.98. The molecule has 2 atom stereocenters. The highest BCUT2D eigenvalue weighted by atomic mass is 35.5. The molecule has 1 saturated heterocycles. The number of fused-ring (bicyclic) bond motifs is 2. The van der Waals surface area contributed by atoms with Gasteiger partial charge < -0.3 is 4.74 Å². The lowest BCUT2D eigenvalue weighted by Crippen LogP contribution is -3.17. The van der Waals surface area contributed by atoms with Crippen LogP contribution in [0.3, 0.4) is 0 Å². The first kappa shape index (κ1) is 10.8. The summed E-state index contributed by atoms with van der Waals surface area (Å²) in [5.74, 6) is 2.04. The number of hydrogen-bond donors (Lipinski definition) is 1. The number of rotatable bonds is 1. The van der Waals surface area contributed by atoms with Gasteiger partial charge in [-0.25, -0.2) is 0 Å². The lowest BCUT2D eigenvalue weighted by molar-refractivity contribution is -0.949. The van der Waals surface area contributed by atoms with Gasteiger partial charge in [0.2, 0.25) is 0 Å². The Morgan fingerprint density at radius 2 is 2.44 bits per heavy atom. The van der Waals surface area contributed by atoms with Gasteiger partial charge in [-0.2, -0.15) is 0 Å². The van der Waals surface area contributed by atoms with Gasteiger partial charge in [-0.15, -0.1) is 0 Å². The summed E-state index contributed by atoms with van der Waals surface area (Å²) in [6, 6.07) is 6.44. The highest BCUT2D eigenvalue weighted by Gasteiger charge is 2.50. The fraction of sp³-hybridized carbons (Fsp3) is 0.500. The third-order valence-electron chi connectivity index (χ3n) is 3.29. The van der Waals surface area contributed by atoms with Crippen molar-refractivity contribution in [2.24, 2.45) is 0 Å². The summed E-state index contributed by atoms with van der Waals surface area (Å²) in [5, 5.41) is 0. The lowest BCUT2D eigenvalue weighted by atomic mass is 10.1. The van der Waals surface area contributed by atoms with Gasteiger partial charge in [0.25, 0.3) is 0 Å². The summed E-state index contributed by atoms with van der Waals surface area (Å²) in [6.07, 6.45) is 1.07. The second-order valence-electron chi connectivity index (χ2n) is 4.31. The highest BCUT2D eigenvalue weighted by Crippen LogP contribution is 2.36. The van der Waals surface area contributed by atoms with Crippen molar-refractivity contribution in [1.29, 1.82) is 0 Å². The van der Waals surface area contributed by atoms with E-state index < -0.39 is 4.52 Å². The van der Waals surface area contributed by atoms with Crippen molar-refractivity contribution in [3.8, 4) is 5.75 Å². The van der Waals surface area contributed by atoms with E-state index in [-0.39, 0.29) is 0 Å². The van der Waals surface area contributed by atoms with Gasteiger partial charge in [-0.1, -0.05) is 13.0 Å². The molecule has 0 amide bonds. The minimum atomic E-state index is -0.569. The molecule has 0 saturated carbocycles. The summed E-state index contributed by atoms with van der Waals surface area (Å²) in [6.45, 7) is 4.25. The van der Waals surface area contributed by atoms with Crippen molar-refractivity contribution >= 4 is 23.4 Å². The zero-order valence-corrected chi connectivity index (χ0v) is 10.8. The monoisotopic (exact) mass is 256 g/mol. The molecule has 86 valence electrons. The molecule has 1 aromatic rings. The lowest BCUT2D eigenvalue weighted by Gasteiger charge is -2.33. The van der Waals surface area contributed by atoms with Crippen LogP contribution in [0.1, 0.15) is 18.1 Å². The van der Waals surface area contributed by atoms with Gasteiger partial charge >= 0.3 is 4.52 Å². The number of nitrogens with one attached hydrogen (secondary N) is 1. The number of aryl methyl sites for hydroxylation is 1. The van der Waals surface area contributed by atoms with Gasteiger partial charge in [0.15, 0.2) is 0 Å². The first-order chi connectivity index (χ1) is 7.71. The summed E-state index contributed by atoms with van der Waals surface area (Å²) < 4.78 is 5.37. The van der Waals surface area contributed by atoms with Crippen molar-refractivity contribution in [2.75, 3.05) is 12.3 Å². The molecule has 1 aromatic carbocycles. The molecule has 0 radical (unpaired) electrons. The minimum absolute atomic E-state index is 0.569. The topological polar surface area (TPSA) is 13.7 Å². The Labute approximate surface area is 105 Å². The molecule has 0 bridgehead atoms. The number of hydrogen-bond acceptors (Lipinski definition) is 2. The van der Waals surface area contributed by atoms with Gasteiger partial charge in [-0.3, -0.25) is 4.90 Å². The average Bonchev–Trinajstić information content (AvgIpc) is 2.65. The average molecular weight is 257 g/mol. The molecule has 2 aliphatic rings. The molecule has 1 fully saturated rings. The molecular formula is C12H15ClNOS+. The zero-order chi connectivity index (χ0) is 11.2. The van der Waals surface area contributed by atoms with E-state index >= 15 is 0 Å².